The third kappa shape index (κ3) is 8.92. The van der Waals surface area contributed by atoms with Crippen molar-refractivity contribution in [1.82, 2.24) is 4.72 Å². The van der Waals surface area contributed by atoms with Gasteiger partial charge >= 0.3 is 37.1 Å². The first-order valence-electron chi connectivity index (χ1n) is 9.52. The van der Waals surface area contributed by atoms with Crippen LogP contribution >= 0.6 is 0 Å². The molecule has 2 aliphatic heterocycles. The van der Waals surface area contributed by atoms with Crippen LogP contribution in [0.1, 0.15) is 0 Å². The van der Waals surface area contributed by atoms with Gasteiger partial charge in [-0.05, 0) is 0 Å². The molecule has 37 heavy (non-hydrogen) atoms. The number of nitrogens with one attached hydrogen (secondary N) is 1. The van der Waals surface area contributed by atoms with Gasteiger partial charge in [0.15, 0.2) is 24.8 Å². The van der Waals surface area contributed by atoms with Crippen LogP contribution in [0.2, 0.25) is 0 Å². The molecule has 0 aromatic rings. The van der Waals surface area contributed by atoms with Crippen molar-refractivity contribution in [3.05, 3.63) is 0 Å². The number of carboxylic acid groups (broad SMARTS) is 1. The number of hydrogen-bond donors (Lipinski definition) is 8. The molecule has 0 aliphatic carbocycles. The van der Waals surface area contributed by atoms with Crippen LogP contribution in [0.4, 0.5) is 0 Å². The van der Waals surface area contributed by atoms with Gasteiger partial charge < -0.3 is 39.4 Å². The Morgan fingerprint density at radius 3 is 1.92 bits per heavy atom. The van der Waals surface area contributed by atoms with Gasteiger partial charge in [-0.1, -0.05) is 0 Å². The molecule has 0 aromatic carbocycles. The number of hydrogen-bond acceptors (Lipinski definition) is 16. The van der Waals surface area contributed by atoms with Crippen molar-refractivity contribution in [2.45, 2.75) is 61.3 Å². The molecule has 2 rings (SSSR count). The Hall–Kier alpha value is -1.20. The van der Waals surface area contributed by atoms with Crippen molar-refractivity contribution in [3.8, 4) is 0 Å². The minimum absolute atomic E-state index is 0.881. The average molecular weight is 610 g/mol. The Bertz CT molecular complexity index is 1120. The van der Waals surface area contributed by atoms with Gasteiger partial charge in [0.2, 0.25) is 0 Å². The maximum absolute atomic E-state index is 11.7. The highest BCUT2D eigenvalue weighted by atomic mass is 32.3. The van der Waals surface area contributed by atoms with E-state index in [1.54, 1.807) is 0 Å². The fourth-order valence-corrected chi connectivity index (χ4v) is 4.79. The molecular weight excluding hydrogens is 586 g/mol. The van der Waals surface area contributed by atoms with Crippen molar-refractivity contribution in [1.29, 1.82) is 0 Å². The number of rotatable bonds is 11. The van der Waals surface area contributed by atoms with Crippen LogP contribution in [0.15, 0.2) is 0 Å². The zero-order valence-electron chi connectivity index (χ0n) is 18.1. The molecule has 0 radical (unpaired) electrons. The molecule has 0 bridgehead atoms. The van der Waals surface area contributed by atoms with Gasteiger partial charge in [0, 0.05) is 7.11 Å². The second-order valence-corrected chi connectivity index (χ2v) is 10.8. The van der Waals surface area contributed by atoms with E-state index in [9.17, 15) is 50.5 Å². The summed E-state index contributed by atoms with van der Waals surface area (Å²) in [6.07, 6.45) is -19.8. The number of methoxy groups -OCH3 is 1. The molecule has 10 atom stereocenters. The lowest BCUT2D eigenvalue weighted by Gasteiger charge is -2.46. The summed E-state index contributed by atoms with van der Waals surface area (Å²) in [6.45, 7) is -1.22. The van der Waals surface area contributed by atoms with E-state index >= 15 is 0 Å². The smallest absolute Gasteiger partial charge is 0.397 e. The summed E-state index contributed by atoms with van der Waals surface area (Å²) in [6, 6.07) is -2.20. The van der Waals surface area contributed by atoms with Crippen LogP contribution in [0.25, 0.3) is 0 Å². The van der Waals surface area contributed by atoms with Crippen LogP contribution in [0.5, 0.6) is 0 Å². The van der Waals surface area contributed by atoms with Gasteiger partial charge in [-0.2, -0.15) is 30.0 Å². The van der Waals surface area contributed by atoms with E-state index in [1.807, 2.05) is 0 Å². The third-order valence-corrected chi connectivity index (χ3v) is 6.36. The lowest BCUT2D eigenvalue weighted by Crippen LogP contribution is -2.68. The van der Waals surface area contributed by atoms with E-state index < -0.39 is 105 Å². The summed E-state index contributed by atoms with van der Waals surface area (Å²) in [5.74, 6) is -1.88. The number of carbonyl (C=O) groups is 1. The fourth-order valence-electron chi connectivity index (χ4n) is 3.40. The first-order valence-corrected chi connectivity index (χ1v) is 13.7. The Balaban J connectivity index is 2.45. The standard InChI is InChI=1S/C13H23NO20S3/c1-29-13-9(34-37(26,27)28)7(17)8(10(33-13)11(18)19)32-12-4(14-35(20,21)22)6(16)5(15)3(31-12)2-30-36(23,24)25/h3-10,12-17H,2H2,1H3,(H,18,19)(H,20,21,22)(H,23,24,25)(H,26,27,28)/t3-,4-,5-,6-,7+,8+,9-,10-,12-,13-/m1/s1. The molecule has 2 aliphatic rings. The highest BCUT2D eigenvalue weighted by molar-refractivity contribution is 7.83. The lowest BCUT2D eigenvalue weighted by atomic mass is 9.96. The summed E-state index contributed by atoms with van der Waals surface area (Å²) >= 11 is 0. The van der Waals surface area contributed by atoms with E-state index in [-0.39, 0.29) is 0 Å². The summed E-state index contributed by atoms with van der Waals surface area (Å²) in [5, 5.41) is 40.6. The van der Waals surface area contributed by atoms with E-state index in [4.69, 9.17) is 32.6 Å². The number of aliphatic hydroxyl groups excluding tert-OH is 3. The zero-order chi connectivity index (χ0) is 28.5. The third-order valence-electron chi connectivity index (χ3n) is 4.89. The minimum atomic E-state index is -5.32. The quantitative estimate of drug-likeness (QED) is 0.101. The predicted molar refractivity (Wildman–Crippen MR) is 107 cm³/mol. The maximum Gasteiger partial charge on any atom is 0.397 e. The van der Waals surface area contributed by atoms with Crippen LogP contribution in [-0.4, -0.2) is 140 Å². The number of ether oxygens (including phenoxy) is 4. The number of aliphatic carboxylic acids is 1. The monoisotopic (exact) mass is 609 g/mol. The van der Waals surface area contributed by atoms with E-state index in [1.165, 1.54) is 4.72 Å². The van der Waals surface area contributed by atoms with Crippen LogP contribution in [0.3, 0.4) is 0 Å². The minimum Gasteiger partial charge on any atom is -0.479 e. The molecule has 0 saturated carbocycles. The highest BCUT2D eigenvalue weighted by Gasteiger charge is 2.55. The molecule has 2 heterocycles. The maximum atomic E-state index is 11.7. The van der Waals surface area contributed by atoms with Crippen LogP contribution < -0.4 is 4.72 Å². The van der Waals surface area contributed by atoms with Crippen molar-refractivity contribution in [2.24, 2.45) is 0 Å². The van der Waals surface area contributed by atoms with Crippen molar-refractivity contribution in [3.63, 3.8) is 0 Å². The van der Waals surface area contributed by atoms with Crippen LogP contribution in [0, 0.1) is 0 Å². The van der Waals surface area contributed by atoms with Gasteiger partial charge in [-0.15, -0.1) is 0 Å². The van der Waals surface area contributed by atoms with Crippen molar-refractivity contribution in [2.75, 3.05) is 13.7 Å². The molecule has 21 nitrogen and oxygen atoms in total. The zero-order valence-corrected chi connectivity index (χ0v) is 20.6. The van der Waals surface area contributed by atoms with E-state index in [2.05, 4.69) is 8.37 Å². The Kier molecular flexibility index (Phi) is 10.3. The molecule has 218 valence electrons. The molecule has 8 N–H and O–H groups in total. The first-order chi connectivity index (χ1) is 16.7. The van der Waals surface area contributed by atoms with Crippen LogP contribution in [-0.2, 0) is 63.2 Å². The normalized spacial score (nSPS) is 37.8. The molecule has 2 saturated heterocycles. The Morgan fingerprint density at radius 2 is 1.46 bits per heavy atom. The van der Waals surface area contributed by atoms with Gasteiger partial charge in [0.1, 0.15) is 36.6 Å². The van der Waals surface area contributed by atoms with E-state index in [0.717, 1.165) is 7.11 Å². The second kappa shape index (κ2) is 11.9. The molecule has 0 aromatic heterocycles. The number of carboxylic acids is 1. The molecule has 0 unspecified atom stereocenters. The molecular formula is C13H23NO20S3. The molecule has 0 amide bonds. The SMILES string of the molecule is CO[C@@H]1O[C@@H](C(=O)O)[C@@H](O[C@H]2O[C@H](COS(=O)(=O)O)[C@@H](O)[C@H](O)[C@H]2NS(=O)(=O)O)[C@H](O)[C@H]1OS(=O)(=O)O. The first kappa shape index (κ1) is 32.0. The number of aliphatic hydroxyl groups is 3. The molecule has 24 heteroatoms. The summed E-state index contributed by atoms with van der Waals surface area (Å²) in [5.41, 5.74) is 0. The Labute approximate surface area is 208 Å². The summed E-state index contributed by atoms with van der Waals surface area (Å²) < 4.78 is 123. The van der Waals surface area contributed by atoms with E-state index in [0.29, 0.717) is 0 Å². The fraction of sp³-hybridized carbons (Fsp3) is 0.923. The van der Waals surface area contributed by atoms with Gasteiger partial charge in [0.05, 0.1) is 6.61 Å². The highest BCUT2D eigenvalue weighted by Crippen LogP contribution is 2.31. The largest absolute Gasteiger partial charge is 0.479 e. The molecule has 0 spiro atoms. The van der Waals surface area contributed by atoms with Crippen molar-refractivity contribution < 1.29 is 91.4 Å². The van der Waals surface area contributed by atoms with Gasteiger partial charge in [0.25, 0.3) is 0 Å². The average Bonchev–Trinajstić information content (AvgIpc) is 2.72. The predicted octanol–water partition coefficient (Wildman–Crippen LogP) is -5.60. The lowest BCUT2D eigenvalue weighted by molar-refractivity contribution is -0.334. The summed E-state index contributed by atoms with van der Waals surface area (Å²) in [7, 11) is -14.8. The van der Waals surface area contributed by atoms with Gasteiger partial charge in [-0.3, -0.25) is 13.7 Å². The van der Waals surface area contributed by atoms with Crippen molar-refractivity contribution >= 4 is 37.1 Å². The summed E-state index contributed by atoms with van der Waals surface area (Å²) in [4.78, 5) is 11.7. The Morgan fingerprint density at radius 1 is 0.865 bits per heavy atom. The molecule has 2 fully saturated rings. The van der Waals surface area contributed by atoms with Gasteiger partial charge in [-0.25, -0.2) is 13.2 Å². The topological polar surface area (TPSA) is 329 Å². The second-order valence-electron chi connectivity index (χ2n) is 7.43.